The average molecular weight is 274 g/mol. The highest BCUT2D eigenvalue weighted by Gasteiger charge is 2.39. The number of carbonyl (C=O) groups is 1. The predicted molar refractivity (Wildman–Crippen MR) is 77.3 cm³/mol. The molecule has 0 radical (unpaired) electrons. The molecule has 3 rings (SSSR count). The molecule has 0 saturated heterocycles. The minimum atomic E-state index is -0.879. The predicted octanol–water partition coefficient (Wildman–Crippen LogP) is 3.82. The van der Waals surface area contributed by atoms with Crippen LogP contribution >= 0.6 is 0 Å². The molecule has 0 spiro atoms. The second kappa shape index (κ2) is 5.12. The van der Waals surface area contributed by atoms with Gasteiger partial charge in [0.15, 0.2) is 0 Å². The van der Waals surface area contributed by atoms with Gasteiger partial charge in [0.25, 0.3) is 0 Å². The number of benzene rings is 1. The quantitative estimate of drug-likeness (QED) is 0.908. The highest BCUT2D eigenvalue weighted by atomic mass is 16.5. The van der Waals surface area contributed by atoms with E-state index >= 15 is 0 Å². The van der Waals surface area contributed by atoms with Gasteiger partial charge in [-0.25, -0.2) is 4.79 Å². The Balaban J connectivity index is 1.70. The van der Waals surface area contributed by atoms with Crippen LogP contribution in [-0.2, 0) is 0 Å². The number of aromatic carboxylic acids is 1. The van der Waals surface area contributed by atoms with Crippen LogP contribution in [0.5, 0.6) is 5.75 Å². The molecule has 3 heteroatoms. The monoisotopic (exact) mass is 274 g/mol. The van der Waals surface area contributed by atoms with E-state index in [1.54, 1.807) is 12.1 Å². The van der Waals surface area contributed by atoms with Crippen molar-refractivity contribution in [1.29, 1.82) is 0 Å². The molecule has 2 fully saturated rings. The van der Waals surface area contributed by atoms with E-state index in [4.69, 9.17) is 9.84 Å². The summed E-state index contributed by atoms with van der Waals surface area (Å²) in [5, 5.41) is 9.06. The van der Waals surface area contributed by atoms with Crippen molar-refractivity contribution in [2.75, 3.05) is 6.61 Å². The number of aryl methyl sites for hydroxylation is 2. The molecular weight excluding hydrogens is 252 g/mol. The summed E-state index contributed by atoms with van der Waals surface area (Å²) >= 11 is 0. The van der Waals surface area contributed by atoms with Gasteiger partial charge in [0.2, 0.25) is 0 Å². The number of rotatable bonds is 4. The third-order valence-electron chi connectivity index (χ3n) is 5.03. The summed E-state index contributed by atoms with van der Waals surface area (Å²) in [7, 11) is 0. The molecule has 3 nitrogen and oxygen atoms in total. The van der Waals surface area contributed by atoms with E-state index < -0.39 is 5.97 Å². The maximum Gasteiger partial charge on any atom is 0.335 e. The van der Waals surface area contributed by atoms with Crippen molar-refractivity contribution in [2.45, 2.75) is 39.5 Å². The van der Waals surface area contributed by atoms with Crippen molar-refractivity contribution in [1.82, 2.24) is 0 Å². The number of hydrogen-bond acceptors (Lipinski definition) is 2. The first-order valence-electron chi connectivity index (χ1n) is 7.52. The number of carboxylic acid groups (broad SMARTS) is 1. The van der Waals surface area contributed by atoms with Gasteiger partial charge in [-0.15, -0.1) is 0 Å². The second-order valence-corrected chi connectivity index (χ2v) is 6.49. The molecule has 2 aliphatic carbocycles. The number of fused-ring (bicyclic) bond motifs is 2. The summed E-state index contributed by atoms with van der Waals surface area (Å²) in [4.78, 5) is 11.0. The van der Waals surface area contributed by atoms with Gasteiger partial charge >= 0.3 is 5.97 Å². The summed E-state index contributed by atoms with van der Waals surface area (Å²) < 4.78 is 6.05. The minimum absolute atomic E-state index is 0.340. The standard InChI is InChI=1S/C17H22O3/c1-10-5-14(17(18)19)6-11(2)16(10)20-9-15-8-12-3-4-13(15)7-12/h5-6,12-13,15H,3-4,7-9H2,1-2H3,(H,18,19). The van der Waals surface area contributed by atoms with Crippen LogP contribution < -0.4 is 4.74 Å². The van der Waals surface area contributed by atoms with Crippen molar-refractivity contribution < 1.29 is 14.6 Å². The second-order valence-electron chi connectivity index (χ2n) is 6.49. The van der Waals surface area contributed by atoms with Gasteiger partial charge in [0.1, 0.15) is 5.75 Å². The summed E-state index contributed by atoms with van der Waals surface area (Å²) in [5.41, 5.74) is 2.18. The van der Waals surface area contributed by atoms with E-state index in [0.29, 0.717) is 11.5 Å². The topological polar surface area (TPSA) is 46.5 Å². The number of ether oxygens (including phenoxy) is 1. The zero-order valence-electron chi connectivity index (χ0n) is 12.2. The first-order valence-corrected chi connectivity index (χ1v) is 7.52. The van der Waals surface area contributed by atoms with Crippen LogP contribution in [0.3, 0.4) is 0 Å². The lowest BCUT2D eigenvalue weighted by Gasteiger charge is -2.23. The third-order valence-corrected chi connectivity index (χ3v) is 5.03. The van der Waals surface area contributed by atoms with Gasteiger partial charge < -0.3 is 9.84 Å². The lowest BCUT2D eigenvalue weighted by Crippen LogP contribution is -2.19. The minimum Gasteiger partial charge on any atom is -0.493 e. The Bertz CT molecular complexity index is 512. The molecule has 0 amide bonds. The molecule has 1 aromatic rings. The fourth-order valence-electron chi connectivity index (χ4n) is 4.07. The average Bonchev–Trinajstić information content (AvgIpc) is 2.99. The number of hydrogen-bond donors (Lipinski definition) is 1. The number of carboxylic acids is 1. The third kappa shape index (κ3) is 2.41. The molecular formula is C17H22O3. The van der Waals surface area contributed by atoms with Crippen molar-refractivity contribution in [3.05, 3.63) is 28.8 Å². The van der Waals surface area contributed by atoms with Crippen molar-refractivity contribution >= 4 is 5.97 Å². The van der Waals surface area contributed by atoms with Crippen LogP contribution in [0.25, 0.3) is 0 Å². The smallest absolute Gasteiger partial charge is 0.335 e. The van der Waals surface area contributed by atoms with Crippen molar-refractivity contribution in [3.63, 3.8) is 0 Å². The van der Waals surface area contributed by atoms with Gasteiger partial charge in [-0.1, -0.05) is 6.42 Å². The Morgan fingerprint density at radius 2 is 1.95 bits per heavy atom. The molecule has 0 aliphatic heterocycles. The van der Waals surface area contributed by atoms with E-state index in [0.717, 1.165) is 35.3 Å². The Morgan fingerprint density at radius 3 is 2.45 bits per heavy atom. The fourth-order valence-corrected chi connectivity index (χ4v) is 4.07. The van der Waals surface area contributed by atoms with Gasteiger partial charge in [0.05, 0.1) is 12.2 Å². The lowest BCUT2D eigenvalue weighted by molar-refractivity contribution is 0.0696. The van der Waals surface area contributed by atoms with Crippen LogP contribution in [0.2, 0.25) is 0 Å². The molecule has 0 aromatic heterocycles. The van der Waals surface area contributed by atoms with Gasteiger partial charge in [-0.05, 0) is 74.1 Å². The molecule has 108 valence electrons. The van der Waals surface area contributed by atoms with Crippen LogP contribution in [0.15, 0.2) is 12.1 Å². The molecule has 2 saturated carbocycles. The Morgan fingerprint density at radius 1 is 1.25 bits per heavy atom. The van der Waals surface area contributed by atoms with Gasteiger partial charge in [-0.2, -0.15) is 0 Å². The molecule has 1 aromatic carbocycles. The van der Waals surface area contributed by atoms with Crippen LogP contribution in [0, 0.1) is 31.6 Å². The summed E-state index contributed by atoms with van der Waals surface area (Å²) in [5.74, 6) is 2.49. The zero-order chi connectivity index (χ0) is 14.3. The maximum absolute atomic E-state index is 11.0. The van der Waals surface area contributed by atoms with Crippen molar-refractivity contribution in [2.24, 2.45) is 17.8 Å². The largest absolute Gasteiger partial charge is 0.493 e. The zero-order valence-corrected chi connectivity index (χ0v) is 12.2. The van der Waals surface area contributed by atoms with E-state index in [1.807, 2.05) is 13.8 Å². The summed E-state index contributed by atoms with van der Waals surface area (Å²) in [6.45, 7) is 4.64. The SMILES string of the molecule is Cc1cc(C(=O)O)cc(C)c1OCC1CC2CCC1C2. The Hall–Kier alpha value is -1.51. The normalized spacial score (nSPS) is 27.8. The molecule has 3 atom stereocenters. The molecule has 0 heterocycles. The van der Waals surface area contributed by atoms with E-state index in [1.165, 1.54) is 25.7 Å². The van der Waals surface area contributed by atoms with Gasteiger partial charge in [-0.3, -0.25) is 0 Å². The molecule has 20 heavy (non-hydrogen) atoms. The maximum atomic E-state index is 11.0. The van der Waals surface area contributed by atoms with Crippen LogP contribution in [0.4, 0.5) is 0 Å². The first kappa shape index (κ1) is 13.5. The Labute approximate surface area is 120 Å². The Kier molecular flexibility index (Phi) is 3.45. The highest BCUT2D eigenvalue weighted by molar-refractivity contribution is 5.88. The van der Waals surface area contributed by atoms with E-state index in [-0.39, 0.29) is 0 Å². The molecule has 3 unspecified atom stereocenters. The van der Waals surface area contributed by atoms with Crippen molar-refractivity contribution in [3.8, 4) is 5.75 Å². The van der Waals surface area contributed by atoms with E-state index in [9.17, 15) is 4.79 Å². The fraction of sp³-hybridized carbons (Fsp3) is 0.588. The first-order chi connectivity index (χ1) is 9.54. The molecule has 2 bridgehead atoms. The highest BCUT2D eigenvalue weighted by Crippen LogP contribution is 2.48. The molecule has 2 aliphatic rings. The summed E-state index contributed by atoms with van der Waals surface area (Å²) in [6.07, 6.45) is 5.49. The van der Waals surface area contributed by atoms with Crippen LogP contribution in [-0.4, -0.2) is 17.7 Å². The van der Waals surface area contributed by atoms with Crippen LogP contribution in [0.1, 0.15) is 47.2 Å². The lowest BCUT2D eigenvalue weighted by atomic mass is 9.89. The van der Waals surface area contributed by atoms with E-state index in [2.05, 4.69) is 0 Å². The van der Waals surface area contributed by atoms with Gasteiger partial charge in [0, 0.05) is 0 Å². The summed E-state index contributed by atoms with van der Waals surface area (Å²) in [6, 6.07) is 3.40. The molecule has 1 N–H and O–H groups in total.